The van der Waals surface area contributed by atoms with Gasteiger partial charge in [0.2, 0.25) is 0 Å². The molecule has 3 nitrogen and oxygen atoms in total. The van der Waals surface area contributed by atoms with Gasteiger partial charge >= 0.3 is 5.97 Å². The van der Waals surface area contributed by atoms with Gasteiger partial charge in [0.15, 0.2) is 5.12 Å². The highest BCUT2D eigenvalue weighted by molar-refractivity contribution is 8.15. The molecule has 0 unspecified atom stereocenters. The van der Waals surface area contributed by atoms with E-state index < -0.39 is 10.7 Å². The predicted molar refractivity (Wildman–Crippen MR) is 82.3 cm³/mol. The first-order valence-electron chi connectivity index (χ1n) is 6.56. The molecule has 4 heteroatoms. The van der Waals surface area contributed by atoms with Crippen LogP contribution >= 0.6 is 11.8 Å². The van der Waals surface area contributed by atoms with E-state index in [0.29, 0.717) is 0 Å². The number of thioether (sulfide) groups is 1. The number of hydrogen-bond acceptors (Lipinski definition) is 4. The number of benzene rings is 1. The standard InChI is InChI=1S/C16H20O3S/c1-4-5-11-16(3,20-13(2)17)15(18)19-12-14-9-7-6-8-10-14/h5-11H,4,12H2,1-3H3/b11-5+/t16-/m1/s1. The van der Waals surface area contributed by atoms with Crippen LogP contribution in [0.3, 0.4) is 0 Å². The van der Waals surface area contributed by atoms with Crippen molar-refractivity contribution in [2.75, 3.05) is 0 Å². The van der Waals surface area contributed by atoms with Gasteiger partial charge in [0.25, 0.3) is 0 Å². The van der Waals surface area contributed by atoms with Gasteiger partial charge < -0.3 is 4.74 Å². The minimum Gasteiger partial charge on any atom is -0.460 e. The fraction of sp³-hybridized carbons (Fsp3) is 0.375. The Morgan fingerprint density at radius 3 is 2.50 bits per heavy atom. The summed E-state index contributed by atoms with van der Waals surface area (Å²) in [5.41, 5.74) is 0.926. The number of carbonyl (C=O) groups excluding carboxylic acids is 2. The highest BCUT2D eigenvalue weighted by atomic mass is 32.2. The topological polar surface area (TPSA) is 43.4 Å². The lowest BCUT2D eigenvalue weighted by Crippen LogP contribution is -2.32. The van der Waals surface area contributed by atoms with Crippen LogP contribution < -0.4 is 0 Å². The zero-order valence-corrected chi connectivity index (χ0v) is 12.9. The quantitative estimate of drug-likeness (QED) is 0.592. The Bertz CT molecular complexity index is 482. The molecule has 1 aromatic carbocycles. The number of allylic oxidation sites excluding steroid dienone is 1. The molecule has 1 atom stereocenters. The molecule has 0 bridgehead atoms. The Balaban J connectivity index is 2.73. The van der Waals surface area contributed by atoms with E-state index in [2.05, 4.69) is 0 Å². The lowest BCUT2D eigenvalue weighted by Gasteiger charge is -2.21. The summed E-state index contributed by atoms with van der Waals surface area (Å²) in [4.78, 5) is 23.6. The Morgan fingerprint density at radius 1 is 1.30 bits per heavy atom. The molecule has 0 spiro atoms. The Morgan fingerprint density at radius 2 is 1.95 bits per heavy atom. The highest BCUT2D eigenvalue weighted by Crippen LogP contribution is 2.29. The van der Waals surface area contributed by atoms with E-state index >= 15 is 0 Å². The largest absolute Gasteiger partial charge is 0.460 e. The van der Waals surface area contributed by atoms with Gasteiger partial charge in [-0.1, -0.05) is 61.2 Å². The summed E-state index contributed by atoms with van der Waals surface area (Å²) in [6, 6.07) is 9.48. The predicted octanol–water partition coefficient (Wildman–Crippen LogP) is 3.73. The second kappa shape index (κ2) is 7.90. The van der Waals surface area contributed by atoms with Crippen LogP contribution in [0, 0.1) is 0 Å². The minimum atomic E-state index is -0.962. The van der Waals surface area contributed by atoms with Crippen molar-refractivity contribution in [2.24, 2.45) is 0 Å². The van der Waals surface area contributed by atoms with E-state index in [4.69, 9.17) is 4.74 Å². The number of carbonyl (C=O) groups is 2. The average Bonchev–Trinajstić information content (AvgIpc) is 2.43. The van der Waals surface area contributed by atoms with Gasteiger partial charge in [-0.05, 0) is 18.9 Å². The van der Waals surface area contributed by atoms with E-state index in [1.165, 1.54) is 6.92 Å². The molecular formula is C16H20O3S. The third kappa shape index (κ3) is 5.21. The minimum absolute atomic E-state index is 0.107. The first-order valence-corrected chi connectivity index (χ1v) is 7.38. The summed E-state index contributed by atoms with van der Waals surface area (Å²) in [7, 11) is 0. The van der Waals surface area contributed by atoms with Crippen LogP contribution in [0.1, 0.15) is 32.8 Å². The van der Waals surface area contributed by atoms with Gasteiger partial charge in [0, 0.05) is 6.92 Å². The van der Waals surface area contributed by atoms with Crippen LogP contribution in [0.5, 0.6) is 0 Å². The van der Waals surface area contributed by atoms with Gasteiger partial charge in [0.05, 0.1) is 0 Å². The average molecular weight is 292 g/mol. The van der Waals surface area contributed by atoms with Gasteiger partial charge in [-0.2, -0.15) is 0 Å². The van der Waals surface area contributed by atoms with Crippen molar-refractivity contribution in [3.8, 4) is 0 Å². The molecule has 1 rings (SSSR count). The molecule has 0 saturated heterocycles. The van der Waals surface area contributed by atoms with Crippen LogP contribution in [-0.2, 0) is 20.9 Å². The second-order valence-corrected chi connectivity index (χ2v) is 6.20. The molecule has 108 valence electrons. The van der Waals surface area contributed by atoms with E-state index in [-0.39, 0.29) is 11.7 Å². The zero-order chi connectivity index (χ0) is 15.0. The molecule has 0 heterocycles. The van der Waals surface area contributed by atoms with Gasteiger partial charge in [0.1, 0.15) is 11.4 Å². The van der Waals surface area contributed by atoms with Gasteiger partial charge in [-0.15, -0.1) is 0 Å². The highest BCUT2D eigenvalue weighted by Gasteiger charge is 2.34. The van der Waals surface area contributed by atoms with Gasteiger partial charge in [-0.25, -0.2) is 0 Å². The van der Waals surface area contributed by atoms with Crippen LogP contribution in [0.2, 0.25) is 0 Å². The molecule has 0 aliphatic heterocycles. The molecule has 0 aliphatic carbocycles. The molecular weight excluding hydrogens is 272 g/mol. The molecule has 20 heavy (non-hydrogen) atoms. The summed E-state index contributed by atoms with van der Waals surface area (Å²) >= 11 is 0.985. The lowest BCUT2D eigenvalue weighted by molar-refractivity contribution is -0.146. The smallest absolute Gasteiger partial charge is 0.326 e. The number of ether oxygens (including phenoxy) is 1. The molecule has 0 radical (unpaired) electrons. The fourth-order valence-corrected chi connectivity index (χ4v) is 2.56. The summed E-state index contributed by atoms with van der Waals surface area (Å²) < 4.78 is 4.37. The zero-order valence-electron chi connectivity index (χ0n) is 12.1. The lowest BCUT2D eigenvalue weighted by atomic mass is 10.1. The molecule has 0 amide bonds. The van der Waals surface area contributed by atoms with E-state index in [1.54, 1.807) is 13.0 Å². The maximum atomic E-state index is 12.2. The van der Waals surface area contributed by atoms with Crippen molar-refractivity contribution in [1.82, 2.24) is 0 Å². The molecule has 1 aromatic rings. The van der Waals surface area contributed by atoms with Crippen molar-refractivity contribution in [3.63, 3.8) is 0 Å². The Kier molecular flexibility index (Phi) is 6.52. The van der Waals surface area contributed by atoms with Crippen molar-refractivity contribution in [2.45, 2.75) is 38.5 Å². The van der Waals surface area contributed by atoms with Gasteiger partial charge in [-0.3, -0.25) is 9.59 Å². The van der Waals surface area contributed by atoms with Crippen LogP contribution in [0.15, 0.2) is 42.5 Å². The molecule has 0 fully saturated rings. The van der Waals surface area contributed by atoms with E-state index in [9.17, 15) is 9.59 Å². The first kappa shape index (κ1) is 16.5. The van der Waals surface area contributed by atoms with Crippen LogP contribution in [-0.4, -0.2) is 15.8 Å². The number of rotatable bonds is 6. The molecule has 0 N–H and O–H groups in total. The third-order valence-electron chi connectivity index (χ3n) is 2.65. The maximum absolute atomic E-state index is 12.2. The van der Waals surface area contributed by atoms with E-state index in [1.807, 2.05) is 43.3 Å². The molecule has 0 saturated carbocycles. The first-order chi connectivity index (χ1) is 9.48. The Labute approximate surface area is 124 Å². The number of esters is 1. The SMILES string of the molecule is CC/C=C/[C@@](C)(SC(C)=O)C(=O)OCc1ccccc1. The third-order valence-corrected chi connectivity index (χ3v) is 3.66. The fourth-order valence-electron chi connectivity index (χ4n) is 1.65. The maximum Gasteiger partial charge on any atom is 0.326 e. The number of hydrogen-bond donors (Lipinski definition) is 0. The molecule has 0 aromatic heterocycles. The van der Waals surface area contributed by atoms with Crippen LogP contribution in [0.25, 0.3) is 0 Å². The normalized spacial score (nSPS) is 13.9. The monoisotopic (exact) mass is 292 g/mol. The van der Waals surface area contributed by atoms with Crippen molar-refractivity contribution >= 4 is 22.8 Å². The summed E-state index contributed by atoms with van der Waals surface area (Å²) in [5, 5.41) is -0.107. The van der Waals surface area contributed by atoms with Crippen molar-refractivity contribution in [1.29, 1.82) is 0 Å². The summed E-state index contributed by atoms with van der Waals surface area (Å²) in [5.74, 6) is -0.397. The molecule has 0 aliphatic rings. The van der Waals surface area contributed by atoms with Crippen molar-refractivity contribution < 1.29 is 14.3 Å². The van der Waals surface area contributed by atoms with Crippen molar-refractivity contribution in [3.05, 3.63) is 48.0 Å². The van der Waals surface area contributed by atoms with E-state index in [0.717, 1.165) is 23.7 Å². The summed E-state index contributed by atoms with van der Waals surface area (Å²) in [6.45, 7) is 5.35. The Hall–Kier alpha value is -1.55. The second-order valence-electron chi connectivity index (χ2n) is 4.57. The van der Waals surface area contributed by atoms with Crippen LogP contribution in [0.4, 0.5) is 0 Å². The summed E-state index contributed by atoms with van der Waals surface area (Å²) in [6.07, 6.45) is 4.42.